The fourth-order valence-corrected chi connectivity index (χ4v) is 2.62. The molecule has 1 heterocycles. The Balaban J connectivity index is 2.30. The van der Waals surface area contributed by atoms with Crippen LogP contribution in [0.4, 0.5) is 0 Å². The van der Waals surface area contributed by atoms with Crippen molar-refractivity contribution in [3.63, 3.8) is 0 Å². The average Bonchev–Trinajstić information content (AvgIpc) is 2.54. The Morgan fingerprint density at radius 2 is 2.09 bits per heavy atom. The quantitative estimate of drug-likeness (QED) is 0.901. The molecule has 22 heavy (non-hydrogen) atoms. The third-order valence-corrected chi connectivity index (χ3v) is 3.75. The molecular formula is C16H21NO5. The Kier molecular flexibility index (Phi) is 5.38. The van der Waals surface area contributed by atoms with Crippen LogP contribution in [0.5, 0.6) is 5.75 Å². The van der Waals surface area contributed by atoms with Gasteiger partial charge in [-0.05, 0) is 24.6 Å². The van der Waals surface area contributed by atoms with Gasteiger partial charge in [-0.25, -0.2) is 4.79 Å². The number of carboxylic acid groups (broad SMARTS) is 1. The lowest BCUT2D eigenvalue weighted by molar-refractivity contribution is -0.00435. The number of morpholine rings is 1. The van der Waals surface area contributed by atoms with Crippen LogP contribution in [-0.2, 0) is 4.74 Å². The first kappa shape index (κ1) is 16.3. The summed E-state index contributed by atoms with van der Waals surface area (Å²) in [7, 11) is 1.45. The van der Waals surface area contributed by atoms with E-state index < -0.39 is 5.97 Å². The van der Waals surface area contributed by atoms with E-state index in [-0.39, 0.29) is 17.5 Å². The third kappa shape index (κ3) is 3.57. The minimum Gasteiger partial charge on any atom is -0.497 e. The van der Waals surface area contributed by atoms with Crippen LogP contribution in [0.1, 0.15) is 40.5 Å². The van der Waals surface area contributed by atoms with Crippen LogP contribution in [0.2, 0.25) is 0 Å². The molecule has 1 aromatic carbocycles. The zero-order valence-corrected chi connectivity index (χ0v) is 12.9. The van der Waals surface area contributed by atoms with E-state index in [4.69, 9.17) is 14.6 Å². The highest BCUT2D eigenvalue weighted by molar-refractivity contribution is 5.98. The number of benzene rings is 1. The maximum atomic E-state index is 12.7. The summed E-state index contributed by atoms with van der Waals surface area (Å²) in [6.07, 6.45) is 1.82. The number of nitrogens with zero attached hydrogens (tertiary/aromatic N) is 1. The summed E-state index contributed by atoms with van der Waals surface area (Å²) in [5.74, 6) is -0.897. The molecule has 1 aliphatic rings. The molecule has 1 amide bonds. The van der Waals surface area contributed by atoms with Crippen molar-refractivity contribution in [2.24, 2.45) is 0 Å². The second-order valence-electron chi connectivity index (χ2n) is 5.27. The van der Waals surface area contributed by atoms with Gasteiger partial charge in [0.2, 0.25) is 0 Å². The predicted molar refractivity (Wildman–Crippen MR) is 80.5 cm³/mol. The van der Waals surface area contributed by atoms with Gasteiger partial charge >= 0.3 is 5.97 Å². The van der Waals surface area contributed by atoms with Crippen LogP contribution in [-0.4, -0.2) is 54.8 Å². The van der Waals surface area contributed by atoms with E-state index in [9.17, 15) is 9.59 Å². The highest BCUT2D eigenvalue weighted by Crippen LogP contribution is 2.21. The van der Waals surface area contributed by atoms with E-state index in [1.165, 1.54) is 19.2 Å². The zero-order valence-electron chi connectivity index (χ0n) is 12.9. The van der Waals surface area contributed by atoms with Crippen molar-refractivity contribution in [3.05, 3.63) is 29.3 Å². The Labute approximate surface area is 129 Å². The van der Waals surface area contributed by atoms with E-state index in [1.54, 1.807) is 11.0 Å². The molecule has 2 rings (SSSR count). The van der Waals surface area contributed by atoms with Crippen LogP contribution < -0.4 is 4.74 Å². The number of carbonyl (C=O) groups excluding carboxylic acids is 1. The maximum Gasteiger partial charge on any atom is 0.335 e. The van der Waals surface area contributed by atoms with Crippen LogP contribution in [0, 0.1) is 0 Å². The summed E-state index contributed by atoms with van der Waals surface area (Å²) in [5, 5.41) is 9.16. The SMILES string of the molecule is CCC[C@@H]1COCCN1C(=O)c1cc(OC)cc(C(=O)O)c1. The second kappa shape index (κ2) is 7.26. The number of ether oxygens (including phenoxy) is 2. The lowest BCUT2D eigenvalue weighted by Crippen LogP contribution is -2.48. The van der Waals surface area contributed by atoms with E-state index in [0.29, 0.717) is 31.1 Å². The Hall–Kier alpha value is -2.08. The molecule has 1 fully saturated rings. The molecule has 120 valence electrons. The van der Waals surface area contributed by atoms with Gasteiger partial charge < -0.3 is 19.5 Å². The molecule has 0 spiro atoms. The number of methoxy groups -OCH3 is 1. The molecule has 1 aromatic rings. The number of carboxylic acids is 1. The molecule has 0 radical (unpaired) electrons. The molecule has 1 atom stereocenters. The molecule has 0 unspecified atom stereocenters. The summed E-state index contributed by atoms with van der Waals surface area (Å²) in [4.78, 5) is 25.7. The van der Waals surface area contributed by atoms with Gasteiger partial charge in [0.15, 0.2) is 0 Å². The molecule has 6 nitrogen and oxygen atoms in total. The number of hydrogen-bond acceptors (Lipinski definition) is 4. The van der Waals surface area contributed by atoms with Gasteiger partial charge in [0.25, 0.3) is 5.91 Å². The van der Waals surface area contributed by atoms with Crippen LogP contribution >= 0.6 is 0 Å². The predicted octanol–water partition coefficient (Wildman–Crippen LogP) is 2.03. The summed E-state index contributed by atoms with van der Waals surface area (Å²) in [5.41, 5.74) is 0.378. The molecule has 1 N–H and O–H groups in total. The average molecular weight is 307 g/mol. The van der Waals surface area contributed by atoms with Gasteiger partial charge in [-0.1, -0.05) is 13.3 Å². The van der Waals surface area contributed by atoms with Gasteiger partial charge in [0, 0.05) is 12.1 Å². The molecule has 0 aromatic heterocycles. The summed E-state index contributed by atoms with van der Waals surface area (Å²) >= 11 is 0. The summed E-state index contributed by atoms with van der Waals surface area (Å²) in [6.45, 7) is 3.60. The highest BCUT2D eigenvalue weighted by atomic mass is 16.5. The van der Waals surface area contributed by atoms with Gasteiger partial charge in [0.05, 0.1) is 31.9 Å². The number of carbonyl (C=O) groups is 2. The first-order valence-electron chi connectivity index (χ1n) is 7.38. The van der Waals surface area contributed by atoms with E-state index in [1.807, 2.05) is 0 Å². The molecule has 0 bridgehead atoms. The first-order valence-corrected chi connectivity index (χ1v) is 7.38. The molecule has 1 aliphatic heterocycles. The lowest BCUT2D eigenvalue weighted by Gasteiger charge is -2.35. The van der Waals surface area contributed by atoms with Crippen LogP contribution in [0.3, 0.4) is 0 Å². The van der Waals surface area contributed by atoms with Crippen molar-refractivity contribution in [1.29, 1.82) is 0 Å². The molecular weight excluding hydrogens is 286 g/mol. The van der Waals surface area contributed by atoms with Gasteiger partial charge in [0.1, 0.15) is 5.75 Å². The van der Waals surface area contributed by atoms with Gasteiger partial charge in [-0.3, -0.25) is 4.79 Å². The van der Waals surface area contributed by atoms with E-state index >= 15 is 0 Å². The van der Waals surface area contributed by atoms with Gasteiger partial charge in [-0.2, -0.15) is 0 Å². The molecule has 0 aliphatic carbocycles. The largest absolute Gasteiger partial charge is 0.497 e. The lowest BCUT2D eigenvalue weighted by atomic mass is 10.1. The molecule has 1 saturated heterocycles. The molecule has 0 saturated carbocycles. The molecule has 6 heteroatoms. The van der Waals surface area contributed by atoms with Crippen LogP contribution in [0.15, 0.2) is 18.2 Å². The van der Waals surface area contributed by atoms with E-state index in [0.717, 1.165) is 12.8 Å². The van der Waals surface area contributed by atoms with E-state index in [2.05, 4.69) is 6.92 Å². The number of hydrogen-bond donors (Lipinski definition) is 1. The summed E-state index contributed by atoms with van der Waals surface area (Å²) < 4.78 is 10.5. The zero-order chi connectivity index (χ0) is 16.1. The highest BCUT2D eigenvalue weighted by Gasteiger charge is 2.28. The van der Waals surface area contributed by atoms with Gasteiger partial charge in [-0.15, -0.1) is 0 Å². The second-order valence-corrected chi connectivity index (χ2v) is 5.27. The fourth-order valence-electron chi connectivity index (χ4n) is 2.62. The van der Waals surface area contributed by atoms with Crippen molar-refractivity contribution < 1.29 is 24.2 Å². The topological polar surface area (TPSA) is 76.1 Å². The smallest absolute Gasteiger partial charge is 0.335 e. The fraction of sp³-hybridized carbons (Fsp3) is 0.500. The minimum atomic E-state index is -1.08. The van der Waals surface area contributed by atoms with Crippen molar-refractivity contribution in [2.45, 2.75) is 25.8 Å². The standard InChI is InChI=1S/C16H21NO5/c1-3-4-13-10-22-6-5-17(13)15(18)11-7-12(16(19)20)9-14(8-11)21-2/h7-9,13H,3-6,10H2,1-2H3,(H,19,20)/t13-/m1/s1. The number of aromatic carboxylic acids is 1. The first-order chi connectivity index (χ1) is 10.6. The maximum absolute atomic E-state index is 12.7. The Morgan fingerprint density at radius 1 is 1.36 bits per heavy atom. The normalized spacial score (nSPS) is 18.1. The van der Waals surface area contributed by atoms with Crippen LogP contribution in [0.25, 0.3) is 0 Å². The van der Waals surface area contributed by atoms with Crippen molar-refractivity contribution in [3.8, 4) is 5.75 Å². The van der Waals surface area contributed by atoms with Crippen molar-refractivity contribution >= 4 is 11.9 Å². The third-order valence-electron chi connectivity index (χ3n) is 3.75. The number of amides is 1. The summed E-state index contributed by atoms with van der Waals surface area (Å²) in [6, 6.07) is 4.41. The van der Waals surface area contributed by atoms with Crippen molar-refractivity contribution in [2.75, 3.05) is 26.9 Å². The van der Waals surface area contributed by atoms with Crippen molar-refractivity contribution in [1.82, 2.24) is 4.90 Å². The number of rotatable bonds is 5. The minimum absolute atomic E-state index is 0.0331. The monoisotopic (exact) mass is 307 g/mol. The Morgan fingerprint density at radius 3 is 2.73 bits per heavy atom. The Bertz CT molecular complexity index is 555.